The van der Waals surface area contributed by atoms with Gasteiger partial charge in [-0.15, -0.1) is 0 Å². The fourth-order valence-corrected chi connectivity index (χ4v) is 4.97. The molecule has 0 atom stereocenters. The van der Waals surface area contributed by atoms with Crippen LogP contribution >= 0.6 is 11.8 Å². The first-order valence-corrected chi connectivity index (χ1v) is 11.1. The molecule has 2 aliphatic heterocycles. The molecule has 168 valence electrons. The molecule has 2 heterocycles. The van der Waals surface area contributed by atoms with Crippen LogP contribution in [0.4, 0.5) is 10.5 Å². The Labute approximate surface area is 191 Å². The van der Waals surface area contributed by atoms with Gasteiger partial charge in [-0.2, -0.15) is 5.10 Å². The average Bonchev–Trinajstić information content (AvgIpc) is 2.78. The van der Waals surface area contributed by atoms with Gasteiger partial charge in [0.1, 0.15) is 11.5 Å². The van der Waals surface area contributed by atoms with Crippen LogP contribution in [0.15, 0.2) is 46.7 Å². The van der Waals surface area contributed by atoms with E-state index in [9.17, 15) is 10.0 Å². The number of amides is 1. The number of oxime groups is 1. The van der Waals surface area contributed by atoms with Gasteiger partial charge in [-0.1, -0.05) is 23.0 Å². The van der Waals surface area contributed by atoms with Crippen molar-refractivity contribution in [3.8, 4) is 11.5 Å². The van der Waals surface area contributed by atoms with E-state index in [0.29, 0.717) is 29.4 Å². The number of carbonyl (C=O) groups excluding carboxylic acids is 1. The van der Waals surface area contributed by atoms with E-state index < -0.39 is 4.75 Å². The zero-order chi connectivity index (χ0) is 22.9. The second-order valence-electron chi connectivity index (χ2n) is 8.06. The van der Waals surface area contributed by atoms with Crippen molar-refractivity contribution < 1.29 is 19.5 Å². The summed E-state index contributed by atoms with van der Waals surface area (Å²) in [6, 6.07) is 11.5. The standard InChI is InChI=1S/C23H26N4O4S/c1-23(2)20(24-25-22(28)32-23)15-7-10-18-14(12-15)6-5-11-27(18)21(26-29)17-9-8-16(30-3)13-19(17)31-4/h7-10,12-13,29H,5-6,11H2,1-4H3,(H,25,28)/b26-21-. The lowest BCUT2D eigenvalue weighted by atomic mass is 9.93. The molecule has 0 aromatic heterocycles. The molecule has 4 rings (SSSR count). The lowest BCUT2D eigenvalue weighted by molar-refractivity contribution is 0.260. The van der Waals surface area contributed by atoms with Gasteiger partial charge in [0.15, 0.2) is 5.84 Å². The minimum Gasteiger partial charge on any atom is -0.497 e. The number of hydrazone groups is 1. The van der Waals surface area contributed by atoms with E-state index in [2.05, 4.69) is 21.7 Å². The van der Waals surface area contributed by atoms with Gasteiger partial charge in [0, 0.05) is 18.3 Å². The third-order valence-corrected chi connectivity index (χ3v) is 6.63. The van der Waals surface area contributed by atoms with Crippen molar-refractivity contribution in [2.75, 3.05) is 25.7 Å². The number of benzene rings is 2. The highest BCUT2D eigenvalue weighted by Gasteiger charge is 2.35. The molecule has 9 heteroatoms. The van der Waals surface area contributed by atoms with Gasteiger partial charge >= 0.3 is 0 Å². The minimum atomic E-state index is -0.431. The lowest BCUT2D eigenvalue weighted by Gasteiger charge is -2.33. The number of amidine groups is 1. The topological polar surface area (TPSA) is 95.8 Å². The molecule has 2 aliphatic rings. The summed E-state index contributed by atoms with van der Waals surface area (Å²) in [5.74, 6) is 1.63. The summed E-state index contributed by atoms with van der Waals surface area (Å²) in [6.45, 7) is 4.69. The number of hydrogen-bond donors (Lipinski definition) is 2. The van der Waals surface area contributed by atoms with Crippen molar-refractivity contribution in [3.63, 3.8) is 0 Å². The van der Waals surface area contributed by atoms with Gasteiger partial charge in [0.05, 0.1) is 30.2 Å². The molecule has 0 radical (unpaired) electrons. The number of anilines is 1. The Balaban J connectivity index is 1.72. The highest BCUT2D eigenvalue weighted by Crippen LogP contribution is 2.36. The van der Waals surface area contributed by atoms with Crippen LogP contribution in [0.1, 0.15) is 37.0 Å². The first kappa shape index (κ1) is 22.0. The summed E-state index contributed by atoms with van der Waals surface area (Å²) < 4.78 is 10.4. The second kappa shape index (κ2) is 8.74. The van der Waals surface area contributed by atoms with E-state index in [-0.39, 0.29) is 5.24 Å². The number of rotatable bonds is 4. The monoisotopic (exact) mass is 454 g/mol. The third kappa shape index (κ3) is 4.00. The largest absolute Gasteiger partial charge is 0.497 e. The SMILES string of the molecule is COc1ccc(/C(=N/O)N2CCCc3cc(C4=NNC(=O)SC4(C)C)ccc32)c(OC)c1. The molecule has 1 amide bonds. The molecule has 2 aromatic carbocycles. The van der Waals surface area contributed by atoms with Gasteiger partial charge in [-0.25, -0.2) is 5.43 Å². The average molecular weight is 455 g/mol. The van der Waals surface area contributed by atoms with Gasteiger partial charge in [-0.3, -0.25) is 4.79 Å². The molecular weight excluding hydrogens is 428 g/mol. The zero-order valence-electron chi connectivity index (χ0n) is 18.5. The van der Waals surface area contributed by atoms with Crippen LogP contribution in [0.5, 0.6) is 11.5 Å². The summed E-state index contributed by atoms with van der Waals surface area (Å²) in [5, 5.41) is 17.8. The number of ether oxygens (including phenoxy) is 2. The molecule has 0 saturated carbocycles. The molecule has 8 nitrogen and oxygen atoms in total. The van der Waals surface area contributed by atoms with Crippen LogP contribution in [0.3, 0.4) is 0 Å². The summed E-state index contributed by atoms with van der Waals surface area (Å²) in [4.78, 5) is 13.7. The molecule has 0 saturated heterocycles. The molecule has 2 N–H and O–H groups in total. The van der Waals surface area contributed by atoms with Crippen molar-refractivity contribution in [3.05, 3.63) is 53.1 Å². The van der Waals surface area contributed by atoms with Crippen molar-refractivity contribution in [1.29, 1.82) is 0 Å². The number of aryl methyl sites for hydroxylation is 1. The fourth-order valence-electron chi connectivity index (χ4n) is 4.15. The molecule has 0 fully saturated rings. The summed E-state index contributed by atoms with van der Waals surface area (Å²) in [7, 11) is 3.17. The number of hydrogen-bond acceptors (Lipinski definition) is 7. The van der Waals surface area contributed by atoms with Crippen LogP contribution in [0.25, 0.3) is 0 Å². The van der Waals surface area contributed by atoms with Gasteiger partial charge in [0.2, 0.25) is 0 Å². The Morgan fingerprint density at radius 2 is 2.03 bits per heavy atom. The molecule has 0 bridgehead atoms. The maximum Gasteiger partial charge on any atom is 0.300 e. The quantitative estimate of drug-likeness (QED) is 0.311. The Hall–Kier alpha value is -3.20. The van der Waals surface area contributed by atoms with E-state index in [1.807, 2.05) is 43.0 Å². The lowest BCUT2D eigenvalue weighted by Crippen LogP contribution is -2.39. The van der Waals surface area contributed by atoms with Crippen molar-refractivity contribution in [2.24, 2.45) is 10.3 Å². The number of carbonyl (C=O) groups is 1. The maximum absolute atomic E-state index is 11.7. The van der Waals surface area contributed by atoms with Crippen LogP contribution < -0.4 is 19.8 Å². The van der Waals surface area contributed by atoms with Gasteiger partial charge in [0.25, 0.3) is 5.24 Å². The first-order chi connectivity index (χ1) is 15.4. The summed E-state index contributed by atoms with van der Waals surface area (Å²) in [5.41, 5.74) is 7.13. The number of methoxy groups -OCH3 is 2. The minimum absolute atomic E-state index is 0.153. The van der Waals surface area contributed by atoms with Crippen LogP contribution in [0.2, 0.25) is 0 Å². The third-order valence-electron chi connectivity index (χ3n) is 5.65. The summed E-state index contributed by atoms with van der Waals surface area (Å²) >= 11 is 1.23. The Morgan fingerprint density at radius 3 is 2.72 bits per heavy atom. The predicted octanol–water partition coefficient (Wildman–Crippen LogP) is 4.23. The molecule has 0 unspecified atom stereocenters. The molecular formula is C23H26N4O4S. The van der Waals surface area contributed by atoms with Crippen LogP contribution in [-0.4, -0.2) is 47.5 Å². The van der Waals surface area contributed by atoms with Crippen molar-refractivity contribution in [1.82, 2.24) is 5.43 Å². The van der Waals surface area contributed by atoms with Crippen LogP contribution in [-0.2, 0) is 6.42 Å². The number of nitrogens with zero attached hydrogens (tertiary/aromatic N) is 3. The maximum atomic E-state index is 11.7. The van der Waals surface area contributed by atoms with Crippen LogP contribution in [0, 0.1) is 0 Å². The van der Waals surface area contributed by atoms with E-state index in [1.54, 1.807) is 20.3 Å². The van der Waals surface area contributed by atoms with E-state index in [0.717, 1.165) is 35.4 Å². The van der Waals surface area contributed by atoms with Gasteiger partial charge < -0.3 is 19.6 Å². The zero-order valence-corrected chi connectivity index (χ0v) is 19.3. The smallest absolute Gasteiger partial charge is 0.300 e. The number of thioether (sulfide) groups is 1. The Bertz CT molecular complexity index is 1110. The van der Waals surface area contributed by atoms with Crippen molar-refractivity contribution in [2.45, 2.75) is 31.4 Å². The van der Waals surface area contributed by atoms with E-state index >= 15 is 0 Å². The Morgan fingerprint density at radius 1 is 1.22 bits per heavy atom. The highest BCUT2D eigenvalue weighted by molar-refractivity contribution is 8.15. The summed E-state index contributed by atoms with van der Waals surface area (Å²) in [6.07, 6.45) is 1.79. The second-order valence-corrected chi connectivity index (χ2v) is 9.66. The highest BCUT2D eigenvalue weighted by atomic mass is 32.2. The number of nitrogens with one attached hydrogen (secondary N) is 1. The van der Waals surface area contributed by atoms with E-state index in [1.165, 1.54) is 11.8 Å². The molecule has 2 aromatic rings. The normalized spacial score (nSPS) is 17.9. The Kier molecular flexibility index (Phi) is 6.01. The van der Waals surface area contributed by atoms with Gasteiger partial charge in [-0.05, 0) is 62.1 Å². The van der Waals surface area contributed by atoms with Crippen molar-refractivity contribution >= 4 is 34.2 Å². The molecule has 32 heavy (non-hydrogen) atoms. The predicted molar refractivity (Wildman–Crippen MR) is 127 cm³/mol. The van der Waals surface area contributed by atoms with E-state index in [4.69, 9.17) is 9.47 Å². The molecule has 0 spiro atoms. The fraction of sp³-hybridized carbons (Fsp3) is 0.348. The molecule has 0 aliphatic carbocycles. The first-order valence-electron chi connectivity index (χ1n) is 10.3. The number of fused-ring (bicyclic) bond motifs is 1.